The van der Waals surface area contributed by atoms with Crippen molar-refractivity contribution < 1.29 is 18.0 Å². The minimum atomic E-state index is -3.19. The second-order valence-corrected chi connectivity index (χ2v) is 8.10. The number of hydrogen-bond donors (Lipinski definition) is 0. The molecule has 2 heterocycles. The van der Waals surface area contributed by atoms with Crippen LogP contribution in [-0.4, -0.2) is 61.2 Å². The standard InChI is InChI=1S/C16H21N3O4S/c1-2-24(21,22)19-10-8-18(9-11-19)16(20)14-12-15(23-17-14)13-6-4-3-5-7-13/h3-7,15H,2,8-12H2,1H3. The van der Waals surface area contributed by atoms with Gasteiger partial charge in [0.2, 0.25) is 10.0 Å². The lowest BCUT2D eigenvalue weighted by Gasteiger charge is -2.33. The molecule has 2 aliphatic rings. The fraction of sp³-hybridized carbons (Fsp3) is 0.500. The van der Waals surface area contributed by atoms with Crippen molar-refractivity contribution in [2.24, 2.45) is 5.16 Å². The van der Waals surface area contributed by atoms with Gasteiger partial charge in [0.05, 0.1) is 5.75 Å². The van der Waals surface area contributed by atoms with Gasteiger partial charge in [-0.15, -0.1) is 0 Å². The van der Waals surface area contributed by atoms with Crippen molar-refractivity contribution in [2.75, 3.05) is 31.9 Å². The van der Waals surface area contributed by atoms with E-state index in [0.29, 0.717) is 38.3 Å². The Morgan fingerprint density at radius 2 is 1.88 bits per heavy atom. The predicted molar refractivity (Wildman–Crippen MR) is 89.9 cm³/mol. The van der Waals surface area contributed by atoms with E-state index in [4.69, 9.17) is 4.84 Å². The number of sulfonamides is 1. The maximum atomic E-state index is 12.6. The summed E-state index contributed by atoms with van der Waals surface area (Å²) in [7, 11) is -3.19. The number of nitrogens with zero attached hydrogens (tertiary/aromatic N) is 3. The number of hydrogen-bond acceptors (Lipinski definition) is 5. The largest absolute Gasteiger partial charge is 0.387 e. The lowest BCUT2D eigenvalue weighted by Crippen LogP contribution is -2.52. The van der Waals surface area contributed by atoms with Crippen molar-refractivity contribution >= 4 is 21.6 Å². The van der Waals surface area contributed by atoms with E-state index in [1.165, 1.54) is 4.31 Å². The molecule has 1 aromatic carbocycles. The Hall–Kier alpha value is -1.93. The molecule has 8 heteroatoms. The van der Waals surface area contributed by atoms with Crippen LogP contribution in [0.15, 0.2) is 35.5 Å². The van der Waals surface area contributed by atoms with Gasteiger partial charge in [-0.3, -0.25) is 4.79 Å². The van der Waals surface area contributed by atoms with Crippen LogP contribution in [0.5, 0.6) is 0 Å². The van der Waals surface area contributed by atoms with Gasteiger partial charge in [0.1, 0.15) is 5.71 Å². The number of rotatable bonds is 4. The maximum absolute atomic E-state index is 12.6. The molecule has 1 atom stereocenters. The Bertz CT molecular complexity index is 725. The SMILES string of the molecule is CCS(=O)(=O)N1CCN(C(=O)C2=NOC(c3ccccc3)C2)CC1. The monoisotopic (exact) mass is 351 g/mol. The highest BCUT2D eigenvalue weighted by molar-refractivity contribution is 7.89. The summed E-state index contributed by atoms with van der Waals surface area (Å²) in [6.07, 6.45) is 0.211. The van der Waals surface area contributed by atoms with E-state index in [1.54, 1.807) is 11.8 Å². The fourth-order valence-corrected chi connectivity index (χ4v) is 3.97. The molecule has 1 aromatic rings. The van der Waals surface area contributed by atoms with E-state index in [2.05, 4.69) is 5.16 Å². The smallest absolute Gasteiger partial charge is 0.271 e. The average molecular weight is 351 g/mol. The highest BCUT2D eigenvalue weighted by Crippen LogP contribution is 2.27. The number of carbonyl (C=O) groups excluding carboxylic acids is 1. The van der Waals surface area contributed by atoms with Crippen LogP contribution in [0.25, 0.3) is 0 Å². The highest BCUT2D eigenvalue weighted by atomic mass is 32.2. The fourth-order valence-electron chi connectivity index (χ4n) is 2.88. The van der Waals surface area contributed by atoms with Gasteiger partial charge in [-0.1, -0.05) is 35.5 Å². The molecule has 130 valence electrons. The van der Waals surface area contributed by atoms with Gasteiger partial charge in [-0.2, -0.15) is 4.31 Å². The van der Waals surface area contributed by atoms with Gasteiger partial charge in [-0.05, 0) is 12.5 Å². The maximum Gasteiger partial charge on any atom is 0.271 e. The van der Waals surface area contributed by atoms with E-state index in [0.717, 1.165) is 5.56 Å². The number of benzene rings is 1. The molecule has 1 fully saturated rings. The van der Waals surface area contributed by atoms with Crippen LogP contribution in [0.3, 0.4) is 0 Å². The Kier molecular flexibility index (Phi) is 4.86. The molecule has 0 radical (unpaired) electrons. The normalized spacial score (nSPS) is 22.1. The second kappa shape index (κ2) is 6.90. The number of piperazine rings is 1. The second-order valence-electron chi connectivity index (χ2n) is 5.84. The van der Waals surface area contributed by atoms with Crippen molar-refractivity contribution in [3.63, 3.8) is 0 Å². The van der Waals surface area contributed by atoms with Gasteiger partial charge in [-0.25, -0.2) is 8.42 Å². The zero-order chi connectivity index (χ0) is 17.2. The van der Waals surface area contributed by atoms with Gasteiger partial charge in [0.15, 0.2) is 6.10 Å². The molecule has 1 saturated heterocycles. The molecule has 7 nitrogen and oxygen atoms in total. The van der Waals surface area contributed by atoms with Crippen LogP contribution < -0.4 is 0 Å². The molecule has 0 aliphatic carbocycles. The summed E-state index contributed by atoms with van der Waals surface area (Å²) in [5.74, 6) is -0.0813. The first-order chi connectivity index (χ1) is 11.5. The zero-order valence-corrected chi connectivity index (χ0v) is 14.4. The first-order valence-electron chi connectivity index (χ1n) is 8.06. The van der Waals surface area contributed by atoms with E-state index >= 15 is 0 Å². The van der Waals surface area contributed by atoms with Crippen molar-refractivity contribution in [2.45, 2.75) is 19.4 Å². The molecule has 0 bridgehead atoms. The third-order valence-electron chi connectivity index (χ3n) is 4.37. The lowest BCUT2D eigenvalue weighted by atomic mass is 10.0. The van der Waals surface area contributed by atoms with Crippen molar-refractivity contribution in [3.8, 4) is 0 Å². The van der Waals surface area contributed by atoms with Gasteiger partial charge < -0.3 is 9.74 Å². The van der Waals surface area contributed by atoms with Crippen molar-refractivity contribution in [1.82, 2.24) is 9.21 Å². The third-order valence-corrected chi connectivity index (χ3v) is 6.25. The van der Waals surface area contributed by atoms with Crippen LogP contribution in [0.1, 0.15) is 25.0 Å². The number of oxime groups is 1. The van der Waals surface area contributed by atoms with Gasteiger partial charge in [0.25, 0.3) is 5.91 Å². The lowest BCUT2D eigenvalue weighted by molar-refractivity contribution is -0.125. The number of carbonyl (C=O) groups is 1. The average Bonchev–Trinajstić information content (AvgIpc) is 3.12. The molecule has 0 spiro atoms. The van der Waals surface area contributed by atoms with Crippen molar-refractivity contribution in [1.29, 1.82) is 0 Å². The Balaban J connectivity index is 1.57. The molecule has 24 heavy (non-hydrogen) atoms. The Morgan fingerprint density at radius 3 is 2.50 bits per heavy atom. The van der Waals surface area contributed by atoms with Crippen LogP contribution in [0, 0.1) is 0 Å². The van der Waals surface area contributed by atoms with Crippen LogP contribution in [-0.2, 0) is 19.7 Å². The summed E-state index contributed by atoms with van der Waals surface area (Å²) in [5.41, 5.74) is 1.39. The number of amides is 1. The van der Waals surface area contributed by atoms with E-state index in [1.807, 2.05) is 30.3 Å². The van der Waals surface area contributed by atoms with Crippen molar-refractivity contribution in [3.05, 3.63) is 35.9 Å². The molecular weight excluding hydrogens is 330 g/mol. The third kappa shape index (κ3) is 3.44. The summed E-state index contributed by atoms with van der Waals surface area (Å²) in [4.78, 5) is 19.6. The first-order valence-corrected chi connectivity index (χ1v) is 9.67. The topological polar surface area (TPSA) is 79.3 Å². The minimum Gasteiger partial charge on any atom is -0.387 e. The first kappa shape index (κ1) is 16.9. The summed E-state index contributed by atoms with van der Waals surface area (Å²) in [6.45, 7) is 3.05. The van der Waals surface area contributed by atoms with Crippen LogP contribution >= 0.6 is 0 Å². The van der Waals surface area contributed by atoms with Gasteiger partial charge in [0, 0.05) is 32.6 Å². The molecular formula is C16H21N3O4S. The molecule has 1 amide bonds. The summed E-state index contributed by atoms with van der Waals surface area (Å²) < 4.78 is 25.2. The summed E-state index contributed by atoms with van der Waals surface area (Å²) in [5, 5.41) is 3.95. The van der Waals surface area contributed by atoms with Crippen LogP contribution in [0.4, 0.5) is 0 Å². The van der Waals surface area contributed by atoms with E-state index in [9.17, 15) is 13.2 Å². The Morgan fingerprint density at radius 1 is 1.21 bits per heavy atom. The molecule has 1 unspecified atom stereocenters. The zero-order valence-electron chi connectivity index (χ0n) is 13.6. The van der Waals surface area contributed by atoms with Crippen LogP contribution in [0.2, 0.25) is 0 Å². The molecule has 3 rings (SSSR count). The molecule has 0 aromatic heterocycles. The predicted octanol–water partition coefficient (Wildman–Crippen LogP) is 0.998. The van der Waals surface area contributed by atoms with E-state index < -0.39 is 10.0 Å². The van der Waals surface area contributed by atoms with E-state index in [-0.39, 0.29) is 17.8 Å². The quantitative estimate of drug-likeness (QED) is 0.811. The molecule has 2 aliphatic heterocycles. The highest BCUT2D eigenvalue weighted by Gasteiger charge is 2.33. The Labute approximate surface area is 141 Å². The summed E-state index contributed by atoms with van der Waals surface area (Å²) in [6, 6.07) is 9.66. The minimum absolute atomic E-state index is 0.0836. The van der Waals surface area contributed by atoms with Gasteiger partial charge >= 0.3 is 0 Å². The summed E-state index contributed by atoms with van der Waals surface area (Å²) >= 11 is 0. The molecule has 0 N–H and O–H groups in total. The molecule has 0 saturated carbocycles.